The van der Waals surface area contributed by atoms with Crippen LogP contribution in [0.3, 0.4) is 0 Å². The second-order valence-electron chi connectivity index (χ2n) is 9.36. The number of hydrogen-bond acceptors (Lipinski definition) is 3. The number of benzene rings is 2. The average molecular weight is 466 g/mol. The van der Waals surface area contributed by atoms with Gasteiger partial charge in [-0.2, -0.15) is 0 Å². The van der Waals surface area contributed by atoms with Gasteiger partial charge in [-0.1, -0.05) is 46.6 Å². The van der Waals surface area contributed by atoms with Gasteiger partial charge in [0.25, 0.3) is 0 Å². The number of hydrogen-bond donors (Lipinski definition) is 2. The summed E-state index contributed by atoms with van der Waals surface area (Å²) in [6, 6.07) is 5.10. The fourth-order valence-corrected chi connectivity index (χ4v) is 4.22. The summed E-state index contributed by atoms with van der Waals surface area (Å²) in [6.07, 6.45) is 1.95. The molecule has 2 aromatic carbocycles. The van der Waals surface area contributed by atoms with E-state index in [4.69, 9.17) is 28.0 Å². The quantitative estimate of drug-likeness (QED) is 0.303. The molecule has 3 aromatic rings. The summed E-state index contributed by atoms with van der Waals surface area (Å²) >= 11 is 12.6. The highest BCUT2D eigenvalue weighted by Gasteiger charge is 2.37. The average Bonchev–Trinajstić information content (AvgIpc) is 3.05. The number of aromatic amines is 1. The van der Waals surface area contributed by atoms with Crippen LogP contribution in [-0.4, -0.2) is 21.8 Å². The van der Waals surface area contributed by atoms with Gasteiger partial charge in [0.2, 0.25) is 0 Å². The number of nitrogens with zero attached hydrogens (tertiary/aromatic N) is 1. The molecule has 2 heterocycles. The fraction of sp³-hybridized carbons (Fsp3) is 0.348. The van der Waals surface area contributed by atoms with Gasteiger partial charge in [0.1, 0.15) is 16.4 Å². The second-order valence-corrected chi connectivity index (χ2v) is 10.1. The predicted molar refractivity (Wildman–Crippen MR) is 123 cm³/mol. The molecule has 2 N–H and O–H groups in total. The Morgan fingerprint density at radius 1 is 1.10 bits per heavy atom. The third-order valence-corrected chi connectivity index (χ3v) is 5.71. The van der Waals surface area contributed by atoms with Crippen LogP contribution in [-0.2, 0) is 4.84 Å². The molecular weight excluding hydrogens is 443 g/mol. The summed E-state index contributed by atoms with van der Waals surface area (Å²) in [5, 5.41) is 8.34. The van der Waals surface area contributed by atoms with E-state index in [1.165, 1.54) is 0 Å². The van der Waals surface area contributed by atoms with E-state index in [2.05, 4.69) is 15.5 Å². The molecule has 8 heteroatoms. The van der Waals surface area contributed by atoms with E-state index in [1.807, 2.05) is 34.6 Å². The van der Waals surface area contributed by atoms with Crippen molar-refractivity contribution < 1.29 is 13.6 Å². The number of fused-ring (bicyclic) bond motifs is 2. The number of anilines is 1. The molecule has 1 aliphatic rings. The molecular formula is C23H23Cl2F2N3O. The third kappa shape index (κ3) is 3.87. The molecule has 0 saturated heterocycles. The Morgan fingerprint density at radius 3 is 2.48 bits per heavy atom. The van der Waals surface area contributed by atoms with Gasteiger partial charge in [-0.05, 0) is 34.6 Å². The number of para-hydroxylation sites is 1. The Hall–Kier alpha value is -2.31. The van der Waals surface area contributed by atoms with Crippen LogP contribution in [0.4, 0.5) is 14.5 Å². The lowest BCUT2D eigenvalue weighted by Gasteiger charge is -2.36. The highest BCUT2D eigenvalue weighted by molar-refractivity contribution is 6.36. The van der Waals surface area contributed by atoms with Crippen molar-refractivity contribution in [3.63, 3.8) is 0 Å². The number of nitrogens with one attached hydrogen (secondary N) is 2. The first-order valence-electron chi connectivity index (χ1n) is 9.89. The van der Waals surface area contributed by atoms with Crippen LogP contribution in [0.25, 0.3) is 22.0 Å². The highest BCUT2D eigenvalue weighted by Crippen LogP contribution is 2.45. The SMILES string of the molecule is CC1(C)C/C(=N\OC(C)(C)C)c2c(F)c(-c3cccc4c(Cl)c[nH]c34)c(F)c(Cl)c2N1. The molecule has 0 saturated carbocycles. The zero-order chi connectivity index (χ0) is 22.7. The Balaban J connectivity index is 2.02. The van der Waals surface area contributed by atoms with Crippen molar-refractivity contribution in [2.24, 2.45) is 5.16 Å². The predicted octanol–water partition coefficient (Wildman–Crippen LogP) is 7.53. The minimum Gasteiger partial charge on any atom is -0.390 e. The van der Waals surface area contributed by atoms with Crippen molar-refractivity contribution in [1.82, 2.24) is 4.98 Å². The van der Waals surface area contributed by atoms with Gasteiger partial charge in [0.15, 0.2) is 5.82 Å². The van der Waals surface area contributed by atoms with Crippen LogP contribution in [0.2, 0.25) is 10.0 Å². The smallest absolute Gasteiger partial charge is 0.154 e. The molecule has 4 rings (SSSR count). The zero-order valence-corrected chi connectivity index (χ0v) is 19.4. The normalized spacial score (nSPS) is 17.0. The van der Waals surface area contributed by atoms with Crippen molar-refractivity contribution in [2.75, 3.05) is 5.32 Å². The Morgan fingerprint density at radius 2 is 1.81 bits per heavy atom. The fourth-order valence-electron chi connectivity index (χ4n) is 3.77. The van der Waals surface area contributed by atoms with E-state index in [9.17, 15) is 0 Å². The van der Waals surface area contributed by atoms with Crippen LogP contribution in [0.1, 0.15) is 46.6 Å². The lowest BCUT2D eigenvalue weighted by atomic mass is 9.85. The molecule has 0 aliphatic carbocycles. The molecule has 1 aromatic heterocycles. The molecule has 31 heavy (non-hydrogen) atoms. The molecule has 4 nitrogen and oxygen atoms in total. The maximum atomic E-state index is 16.0. The molecule has 0 amide bonds. The van der Waals surface area contributed by atoms with Gasteiger partial charge in [0.05, 0.1) is 33.1 Å². The molecule has 1 aliphatic heterocycles. The Labute approximate surface area is 189 Å². The van der Waals surface area contributed by atoms with Crippen molar-refractivity contribution in [2.45, 2.75) is 52.2 Å². The topological polar surface area (TPSA) is 49.4 Å². The molecule has 0 spiro atoms. The van der Waals surface area contributed by atoms with E-state index in [0.29, 0.717) is 33.6 Å². The first-order valence-corrected chi connectivity index (χ1v) is 10.7. The number of rotatable bonds is 2. The minimum atomic E-state index is -0.850. The molecule has 0 fully saturated rings. The van der Waals surface area contributed by atoms with Crippen LogP contribution in [0.15, 0.2) is 29.6 Å². The summed E-state index contributed by atoms with van der Waals surface area (Å²) in [5.41, 5.74) is 0.162. The van der Waals surface area contributed by atoms with Gasteiger partial charge in [-0.3, -0.25) is 0 Å². The van der Waals surface area contributed by atoms with Crippen molar-refractivity contribution >= 4 is 45.5 Å². The maximum Gasteiger partial charge on any atom is 0.154 e. The van der Waals surface area contributed by atoms with Gasteiger partial charge in [-0.25, -0.2) is 8.78 Å². The standard InChI is InChI=1S/C23H23Cl2F2N3O/c1-22(2,3)31-30-14-9-23(4,5)29-21-16(14)18(26)15(19(27)17(21)25)12-8-6-7-11-13(24)10-28-20(11)12/h6-8,10,28-29H,9H2,1-5H3/b30-14+. The number of halogens is 4. The van der Waals surface area contributed by atoms with Crippen molar-refractivity contribution in [3.8, 4) is 11.1 Å². The first-order chi connectivity index (χ1) is 14.4. The van der Waals surface area contributed by atoms with E-state index in [0.717, 1.165) is 0 Å². The Bertz CT molecular complexity index is 1230. The summed E-state index contributed by atoms with van der Waals surface area (Å²) < 4.78 is 31.5. The monoisotopic (exact) mass is 465 g/mol. The molecule has 0 radical (unpaired) electrons. The maximum absolute atomic E-state index is 16.0. The lowest BCUT2D eigenvalue weighted by Crippen LogP contribution is -2.40. The number of aromatic nitrogens is 1. The third-order valence-electron chi connectivity index (χ3n) is 5.05. The molecule has 164 valence electrons. The van der Waals surface area contributed by atoms with E-state index >= 15 is 8.78 Å². The van der Waals surface area contributed by atoms with E-state index in [1.54, 1.807) is 24.4 Å². The minimum absolute atomic E-state index is 0.111. The molecule has 0 atom stereocenters. The second kappa shape index (κ2) is 7.38. The van der Waals surface area contributed by atoms with Crippen LogP contribution >= 0.6 is 23.2 Å². The van der Waals surface area contributed by atoms with Gasteiger partial charge in [-0.15, -0.1) is 0 Å². The first kappa shape index (κ1) is 21.9. The highest BCUT2D eigenvalue weighted by atomic mass is 35.5. The van der Waals surface area contributed by atoms with Crippen molar-refractivity contribution in [1.29, 1.82) is 0 Å². The van der Waals surface area contributed by atoms with E-state index < -0.39 is 22.8 Å². The number of oxime groups is 1. The van der Waals surface area contributed by atoms with Crippen LogP contribution in [0, 0.1) is 11.6 Å². The van der Waals surface area contributed by atoms with Gasteiger partial charge < -0.3 is 15.1 Å². The molecule has 0 bridgehead atoms. The van der Waals surface area contributed by atoms with Gasteiger partial charge in [0, 0.05) is 29.1 Å². The number of H-pyrrole nitrogens is 1. The summed E-state index contributed by atoms with van der Waals surface area (Å²) in [4.78, 5) is 8.60. The molecule has 0 unspecified atom stereocenters. The van der Waals surface area contributed by atoms with Crippen molar-refractivity contribution in [3.05, 3.63) is 51.6 Å². The van der Waals surface area contributed by atoms with Crippen LogP contribution < -0.4 is 5.32 Å². The Kier molecular flexibility index (Phi) is 5.22. The van der Waals surface area contributed by atoms with Gasteiger partial charge >= 0.3 is 0 Å². The lowest BCUT2D eigenvalue weighted by molar-refractivity contribution is 0.000464. The summed E-state index contributed by atoms with van der Waals surface area (Å²) in [5.74, 6) is -1.60. The van der Waals surface area contributed by atoms with E-state index in [-0.39, 0.29) is 21.8 Å². The largest absolute Gasteiger partial charge is 0.390 e. The van der Waals surface area contributed by atoms with Crippen LogP contribution in [0.5, 0.6) is 0 Å². The zero-order valence-electron chi connectivity index (χ0n) is 17.9. The summed E-state index contributed by atoms with van der Waals surface area (Å²) in [6.45, 7) is 9.35. The summed E-state index contributed by atoms with van der Waals surface area (Å²) in [7, 11) is 0.